The van der Waals surface area contributed by atoms with E-state index in [-0.39, 0.29) is 18.6 Å². The average molecular weight is 466 g/mol. The highest BCUT2D eigenvalue weighted by molar-refractivity contribution is 7.91. The average Bonchev–Trinajstić information content (AvgIpc) is 3.34. The first-order valence-electron chi connectivity index (χ1n) is 10.4. The summed E-state index contributed by atoms with van der Waals surface area (Å²) in [5.41, 5.74) is 0. The Bertz CT molecular complexity index is 988. The zero-order valence-corrected chi connectivity index (χ0v) is 19.1. The minimum atomic E-state index is -3.47. The number of ether oxygens (including phenoxy) is 2. The van der Waals surface area contributed by atoms with Crippen LogP contribution in [0.1, 0.15) is 6.92 Å². The van der Waals surface area contributed by atoms with E-state index < -0.39 is 10.0 Å². The summed E-state index contributed by atoms with van der Waals surface area (Å²) in [5.74, 6) is 1.48. The van der Waals surface area contributed by atoms with Crippen LogP contribution >= 0.6 is 11.3 Å². The van der Waals surface area contributed by atoms with Gasteiger partial charge in [0.25, 0.3) is 10.0 Å². The van der Waals surface area contributed by atoms with Gasteiger partial charge in [0, 0.05) is 32.7 Å². The fraction of sp³-hybridized carbons (Fsp3) is 0.476. The number of hydrogen-bond donors (Lipinski definition) is 0. The molecule has 1 atom stereocenters. The van der Waals surface area contributed by atoms with Gasteiger partial charge in [-0.1, -0.05) is 25.1 Å². The number of benzene rings is 1. The molecule has 2 aliphatic heterocycles. The Balaban J connectivity index is 1.28. The maximum Gasteiger partial charge on any atom is 0.252 e. The third-order valence-electron chi connectivity index (χ3n) is 5.52. The molecule has 1 fully saturated rings. The maximum absolute atomic E-state index is 12.8. The molecule has 3 heterocycles. The number of piperazine rings is 1. The SMILES string of the molecule is CCN(CC(=O)N1CCN(S(=O)(=O)c2cccs2)CC1)CC1COc2ccccc2O1. The van der Waals surface area contributed by atoms with Crippen molar-refractivity contribution in [3.63, 3.8) is 0 Å². The number of carbonyl (C=O) groups excluding carboxylic acids is 1. The first kappa shape index (κ1) is 22.1. The number of sulfonamides is 1. The molecule has 0 N–H and O–H groups in total. The molecule has 0 aliphatic carbocycles. The predicted molar refractivity (Wildman–Crippen MR) is 118 cm³/mol. The van der Waals surface area contributed by atoms with Crippen LogP contribution in [0.2, 0.25) is 0 Å². The van der Waals surface area contributed by atoms with E-state index >= 15 is 0 Å². The number of amides is 1. The van der Waals surface area contributed by atoms with E-state index in [4.69, 9.17) is 9.47 Å². The number of nitrogens with zero attached hydrogens (tertiary/aromatic N) is 3. The van der Waals surface area contributed by atoms with E-state index in [1.54, 1.807) is 22.4 Å². The van der Waals surface area contributed by atoms with Gasteiger partial charge in [0.2, 0.25) is 5.91 Å². The standard InChI is InChI=1S/C21H27N3O5S2/c1-2-22(14-17-16-28-18-6-3-4-7-19(18)29-17)15-20(25)23-9-11-24(12-10-23)31(26,27)21-8-5-13-30-21/h3-8,13,17H,2,9-12,14-16H2,1H3. The number of hydrogen-bond acceptors (Lipinski definition) is 7. The zero-order chi connectivity index (χ0) is 21.8. The summed E-state index contributed by atoms with van der Waals surface area (Å²) < 4.78 is 38.9. The normalized spacial score (nSPS) is 19.5. The van der Waals surface area contributed by atoms with Crippen LogP contribution in [0.3, 0.4) is 0 Å². The van der Waals surface area contributed by atoms with Crippen LogP contribution in [0.15, 0.2) is 46.0 Å². The van der Waals surface area contributed by atoms with Crippen LogP contribution in [0.5, 0.6) is 11.5 Å². The molecule has 31 heavy (non-hydrogen) atoms. The Labute approximate surface area is 187 Å². The van der Waals surface area contributed by atoms with Gasteiger partial charge in [-0.25, -0.2) is 8.42 Å². The van der Waals surface area contributed by atoms with Gasteiger partial charge < -0.3 is 14.4 Å². The van der Waals surface area contributed by atoms with Crippen LogP contribution < -0.4 is 9.47 Å². The molecule has 1 amide bonds. The number of carbonyl (C=O) groups is 1. The van der Waals surface area contributed by atoms with E-state index in [1.807, 2.05) is 36.1 Å². The molecule has 1 unspecified atom stereocenters. The third-order valence-corrected chi connectivity index (χ3v) is 8.79. The highest BCUT2D eigenvalue weighted by Crippen LogP contribution is 2.31. The van der Waals surface area contributed by atoms with Crippen LogP contribution in [-0.4, -0.2) is 87.0 Å². The molecular formula is C21H27N3O5S2. The molecule has 1 aromatic carbocycles. The second-order valence-corrected chi connectivity index (χ2v) is 10.7. The van der Waals surface area contributed by atoms with Crippen molar-refractivity contribution in [1.29, 1.82) is 0 Å². The van der Waals surface area contributed by atoms with Crippen molar-refractivity contribution in [2.45, 2.75) is 17.2 Å². The highest BCUT2D eigenvalue weighted by Gasteiger charge is 2.31. The Morgan fingerprint density at radius 1 is 1.13 bits per heavy atom. The molecule has 0 spiro atoms. The summed E-state index contributed by atoms with van der Waals surface area (Å²) in [6.45, 7) is 5.45. The second-order valence-electron chi connectivity index (χ2n) is 7.54. The molecule has 2 aliphatic rings. The molecule has 2 aromatic rings. The van der Waals surface area contributed by atoms with Crippen molar-refractivity contribution in [1.82, 2.24) is 14.1 Å². The number of para-hydroxylation sites is 2. The van der Waals surface area contributed by atoms with Gasteiger partial charge >= 0.3 is 0 Å². The number of thiophene rings is 1. The fourth-order valence-corrected chi connectivity index (χ4v) is 6.32. The third kappa shape index (κ3) is 5.03. The topological polar surface area (TPSA) is 79.4 Å². The van der Waals surface area contributed by atoms with Gasteiger partial charge in [0.15, 0.2) is 11.5 Å². The maximum atomic E-state index is 12.8. The zero-order valence-electron chi connectivity index (χ0n) is 17.5. The largest absolute Gasteiger partial charge is 0.486 e. The monoisotopic (exact) mass is 465 g/mol. The van der Waals surface area contributed by atoms with Crippen LogP contribution in [0.25, 0.3) is 0 Å². The van der Waals surface area contributed by atoms with Gasteiger partial charge in [0.05, 0.1) is 6.54 Å². The Morgan fingerprint density at radius 2 is 1.87 bits per heavy atom. The summed E-state index contributed by atoms with van der Waals surface area (Å²) in [6.07, 6.45) is -0.143. The van der Waals surface area contributed by atoms with Gasteiger partial charge in [-0.2, -0.15) is 4.31 Å². The van der Waals surface area contributed by atoms with Crippen molar-refractivity contribution < 1.29 is 22.7 Å². The van der Waals surface area contributed by atoms with Crippen molar-refractivity contribution in [3.05, 3.63) is 41.8 Å². The summed E-state index contributed by atoms with van der Waals surface area (Å²) >= 11 is 1.22. The molecular weight excluding hydrogens is 438 g/mol. The highest BCUT2D eigenvalue weighted by atomic mass is 32.2. The van der Waals surface area contributed by atoms with Gasteiger partial charge in [-0.05, 0) is 30.1 Å². The lowest BCUT2D eigenvalue weighted by atomic mass is 10.2. The Hall–Kier alpha value is -2.14. The van der Waals surface area contributed by atoms with Crippen molar-refractivity contribution >= 4 is 27.3 Å². The quantitative estimate of drug-likeness (QED) is 0.620. The first-order chi connectivity index (χ1) is 15.0. The van der Waals surface area contributed by atoms with Gasteiger partial charge in [-0.15, -0.1) is 11.3 Å². The second kappa shape index (κ2) is 9.56. The molecule has 4 rings (SSSR count). The predicted octanol–water partition coefficient (Wildman–Crippen LogP) is 1.74. The van der Waals surface area contributed by atoms with E-state index in [0.29, 0.717) is 50.1 Å². The molecule has 0 bridgehead atoms. The Kier molecular flexibility index (Phi) is 6.80. The van der Waals surface area contributed by atoms with E-state index in [1.165, 1.54) is 15.6 Å². The van der Waals surface area contributed by atoms with Gasteiger partial charge in [-0.3, -0.25) is 9.69 Å². The molecule has 1 aromatic heterocycles. The van der Waals surface area contributed by atoms with Gasteiger partial charge in [0.1, 0.15) is 16.9 Å². The molecule has 168 valence electrons. The Morgan fingerprint density at radius 3 is 2.55 bits per heavy atom. The number of likely N-dealkylation sites (N-methyl/N-ethyl adjacent to an activating group) is 1. The molecule has 1 saturated heterocycles. The minimum Gasteiger partial charge on any atom is -0.486 e. The first-order valence-corrected chi connectivity index (χ1v) is 12.7. The van der Waals surface area contributed by atoms with Crippen LogP contribution in [-0.2, 0) is 14.8 Å². The molecule has 0 saturated carbocycles. The fourth-order valence-electron chi connectivity index (χ4n) is 3.75. The summed E-state index contributed by atoms with van der Waals surface area (Å²) in [7, 11) is -3.47. The summed E-state index contributed by atoms with van der Waals surface area (Å²) in [5, 5.41) is 1.76. The van der Waals surface area contributed by atoms with Crippen molar-refractivity contribution in [2.24, 2.45) is 0 Å². The lowest BCUT2D eigenvalue weighted by molar-refractivity contribution is -0.133. The van der Waals surface area contributed by atoms with Crippen LogP contribution in [0.4, 0.5) is 0 Å². The summed E-state index contributed by atoms with van der Waals surface area (Å²) in [4.78, 5) is 16.6. The summed E-state index contributed by atoms with van der Waals surface area (Å²) in [6, 6.07) is 10.9. The van der Waals surface area contributed by atoms with Crippen molar-refractivity contribution in [3.8, 4) is 11.5 Å². The molecule has 8 nitrogen and oxygen atoms in total. The smallest absolute Gasteiger partial charge is 0.252 e. The van der Waals surface area contributed by atoms with Crippen LogP contribution in [0, 0.1) is 0 Å². The van der Waals surface area contributed by atoms with E-state index in [2.05, 4.69) is 0 Å². The minimum absolute atomic E-state index is 0.00662. The van der Waals surface area contributed by atoms with Crippen molar-refractivity contribution in [2.75, 3.05) is 52.4 Å². The van der Waals surface area contributed by atoms with E-state index in [9.17, 15) is 13.2 Å². The molecule has 10 heteroatoms. The van der Waals surface area contributed by atoms with E-state index in [0.717, 1.165) is 11.5 Å². The number of rotatable bonds is 7. The lowest BCUT2D eigenvalue weighted by Crippen LogP contribution is -2.53. The number of fused-ring (bicyclic) bond motifs is 1. The lowest BCUT2D eigenvalue weighted by Gasteiger charge is -2.35. The molecule has 0 radical (unpaired) electrons.